The lowest BCUT2D eigenvalue weighted by Gasteiger charge is -2.20. The van der Waals surface area contributed by atoms with Crippen LogP contribution in [0.1, 0.15) is 23.7 Å². The molecule has 0 radical (unpaired) electrons. The van der Waals surface area contributed by atoms with Gasteiger partial charge in [0.05, 0.1) is 23.8 Å². The lowest BCUT2D eigenvalue weighted by molar-refractivity contribution is -0.131. The molecule has 41 heavy (non-hydrogen) atoms. The summed E-state index contributed by atoms with van der Waals surface area (Å²) in [6.45, 7) is 9.64. The number of nitrogens with zero attached hydrogens (tertiary/aromatic N) is 6. The highest BCUT2D eigenvalue weighted by molar-refractivity contribution is 6.76. The lowest BCUT2D eigenvalue weighted by atomic mass is 10.1. The Balaban J connectivity index is 1.48. The number of hydrogen-bond acceptors (Lipinski definition) is 6. The van der Waals surface area contributed by atoms with Gasteiger partial charge in [0.25, 0.3) is 5.91 Å². The zero-order valence-electron chi connectivity index (χ0n) is 23.9. The van der Waals surface area contributed by atoms with E-state index in [9.17, 15) is 14.0 Å². The normalized spacial score (nSPS) is 16.6. The van der Waals surface area contributed by atoms with Gasteiger partial charge in [-0.3, -0.25) is 14.3 Å². The van der Waals surface area contributed by atoms with Gasteiger partial charge in [-0.05, 0) is 37.6 Å². The molecule has 4 heterocycles. The highest BCUT2D eigenvalue weighted by Gasteiger charge is 2.30. The average Bonchev–Trinajstić information content (AvgIpc) is 3.60. The number of carbonyl (C=O) groups is 2. The van der Waals surface area contributed by atoms with Crippen molar-refractivity contribution in [2.45, 2.75) is 58.0 Å². The van der Waals surface area contributed by atoms with E-state index in [0.717, 1.165) is 16.9 Å². The Morgan fingerprint density at radius 2 is 2.07 bits per heavy atom. The maximum absolute atomic E-state index is 13.7. The number of alkyl halides is 1. The number of ether oxygens (including phenoxy) is 1. The van der Waals surface area contributed by atoms with Gasteiger partial charge in [0.2, 0.25) is 5.91 Å². The molecule has 2 amide bonds. The molecule has 4 aromatic rings. The number of nitrogens with one attached hydrogen (secondary N) is 1. The summed E-state index contributed by atoms with van der Waals surface area (Å²) in [6, 6.07) is 5.67. The highest BCUT2D eigenvalue weighted by atomic mass is 35.5. The minimum Gasteiger partial charge on any atom is -0.361 e. The number of rotatable bonds is 9. The second kappa shape index (κ2) is 11.5. The predicted molar refractivity (Wildman–Crippen MR) is 159 cm³/mol. The molecule has 0 unspecified atom stereocenters. The van der Waals surface area contributed by atoms with Crippen LogP contribution < -0.4 is 5.32 Å². The van der Waals surface area contributed by atoms with Gasteiger partial charge in [-0.1, -0.05) is 31.2 Å². The maximum Gasteiger partial charge on any atom is 0.255 e. The fourth-order valence-electron chi connectivity index (χ4n) is 4.92. The van der Waals surface area contributed by atoms with Crippen molar-refractivity contribution in [2.24, 2.45) is 7.05 Å². The van der Waals surface area contributed by atoms with E-state index in [4.69, 9.17) is 21.3 Å². The van der Waals surface area contributed by atoms with Crippen LogP contribution in [0, 0.1) is 0 Å². The Morgan fingerprint density at radius 1 is 1.29 bits per heavy atom. The summed E-state index contributed by atoms with van der Waals surface area (Å²) < 4.78 is 23.1. The molecule has 5 rings (SSSR count). The number of aromatic nitrogens is 5. The number of amides is 2. The third-order valence-corrected chi connectivity index (χ3v) is 9.19. The van der Waals surface area contributed by atoms with Crippen molar-refractivity contribution in [1.82, 2.24) is 34.5 Å². The van der Waals surface area contributed by atoms with Crippen molar-refractivity contribution < 1.29 is 18.7 Å². The third-order valence-electron chi connectivity index (χ3n) is 7.25. The summed E-state index contributed by atoms with van der Waals surface area (Å²) in [5.41, 5.74) is 3.05. The molecule has 3 aromatic heterocycles. The standard InChI is InChI=1S/C28H35ClFN7O3Si/c1-17(28(39)36-9-8-19(30)14-36)32-27(38)21-15-37(16-40-10-11-41(3,4)5)26-25(21)33-22(13-31-26)24-20-7-6-18(29)12-23(20)35(2)34-24/h6-7,12-13,15,17,19H,8-11,14,16H2,1-5H3,(H,32,38)/t17-,19+/m1/s1. The van der Waals surface area contributed by atoms with E-state index in [2.05, 4.69) is 35.0 Å². The number of likely N-dealkylation sites (tertiary alicyclic amines) is 1. The third kappa shape index (κ3) is 6.29. The molecule has 10 nitrogen and oxygen atoms in total. The second-order valence-electron chi connectivity index (χ2n) is 11.8. The van der Waals surface area contributed by atoms with E-state index in [1.165, 1.54) is 4.90 Å². The average molecular weight is 600 g/mol. The van der Waals surface area contributed by atoms with Gasteiger partial charge in [0, 0.05) is 44.9 Å². The Morgan fingerprint density at radius 3 is 2.78 bits per heavy atom. The van der Waals surface area contributed by atoms with Crippen LogP contribution in [0.2, 0.25) is 30.7 Å². The van der Waals surface area contributed by atoms with E-state index in [-0.39, 0.29) is 24.7 Å². The van der Waals surface area contributed by atoms with Gasteiger partial charge in [-0.2, -0.15) is 5.10 Å². The van der Waals surface area contributed by atoms with Crippen molar-refractivity contribution in [3.63, 3.8) is 0 Å². The SMILES string of the molecule is C[C@@H](NC(=O)c1cn(COCC[Si](C)(C)C)c2ncc(-c3nn(C)c4cc(Cl)ccc34)nc12)C(=O)N1CC[C@H](F)C1. The van der Waals surface area contributed by atoms with Gasteiger partial charge in [0.15, 0.2) is 5.65 Å². The summed E-state index contributed by atoms with van der Waals surface area (Å²) in [5, 5.41) is 8.86. The molecule has 2 atom stereocenters. The summed E-state index contributed by atoms with van der Waals surface area (Å²) in [7, 11) is 0.546. The number of carbonyl (C=O) groups excluding carboxylic acids is 2. The molecule has 0 aliphatic carbocycles. The van der Waals surface area contributed by atoms with Crippen LogP contribution >= 0.6 is 11.6 Å². The van der Waals surface area contributed by atoms with Crippen LogP contribution in [0.15, 0.2) is 30.6 Å². The quantitative estimate of drug-likeness (QED) is 0.222. The summed E-state index contributed by atoms with van der Waals surface area (Å²) in [6.07, 6.45) is 2.56. The van der Waals surface area contributed by atoms with Crippen molar-refractivity contribution >= 4 is 53.6 Å². The number of halogens is 2. The maximum atomic E-state index is 13.7. The first kappa shape index (κ1) is 29.1. The molecule has 0 saturated carbocycles. The summed E-state index contributed by atoms with van der Waals surface area (Å²) >= 11 is 6.20. The van der Waals surface area contributed by atoms with Crippen molar-refractivity contribution in [3.8, 4) is 11.4 Å². The number of aryl methyl sites for hydroxylation is 1. The number of fused-ring (bicyclic) bond motifs is 2. The Hall–Kier alpha value is -3.35. The van der Waals surface area contributed by atoms with Crippen LogP contribution in [0.3, 0.4) is 0 Å². The predicted octanol–water partition coefficient (Wildman–Crippen LogP) is 4.64. The van der Waals surface area contributed by atoms with E-state index in [0.29, 0.717) is 47.1 Å². The Bertz CT molecular complexity index is 1620. The fourth-order valence-corrected chi connectivity index (χ4v) is 5.84. The molecule has 1 saturated heterocycles. The van der Waals surface area contributed by atoms with E-state index in [1.54, 1.807) is 34.6 Å². The monoisotopic (exact) mass is 599 g/mol. The lowest BCUT2D eigenvalue weighted by Crippen LogP contribution is -2.46. The highest BCUT2D eigenvalue weighted by Crippen LogP contribution is 2.30. The van der Waals surface area contributed by atoms with Crippen molar-refractivity contribution in [1.29, 1.82) is 0 Å². The molecule has 0 bridgehead atoms. The summed E-state index contributed by atoms with van der Waals surface area (Å²) in [4.78, 5) is 37.3. The van der Waals surface area contributed by atoms with Crippen molar-refractivity contribution in [3.05, 3.63) is 41.2 Å². The Kier molecular flexibility index (Phi) is 8.17. The topological polar surface area (TPSA) is 107 Å². The molecular weight excluding hydrogens is 565 g/mol. The minimum absolute atomic E-state index is 0.0468. The largest absolute Gasteiger partial charge is 0.361 e. The molecule has 1 fully saturated rings. The van der Waals surface area contributed by atoms with Gasteiger partial charge >= 0.3 is 0 Å². The minimum atomic E-state index is -1.28. The molecular formula is C28H35ClFN7O3Si. The Labute approximate surface area is 243 Å². The fraction of sp³-hybridized carbons (Fsp3) is 0.464. The molecule has 1 aliphatic rings. The smallest absolute Gasteiger partial charge is 0.255 e. The van der Waals surface area contributed by atoms with Crippen LogP contribution in [0.5, 0.6) is 0 Å². The van der Waals surface area contributed by atoms with Gasteiger partial charge in [-0.25, -0.2) is 14.4 Å². The molecule has 1 N–H and O–H groups in total. The zero-order valence-corrected chi connectivity index (χ0v) is 25.7. The van der Waals surface area contributed by atoms with E-state index >= 15 is 0 Å². The first-order valence-corrected chi connectivity index (χ1v) is 17.8. The van der Waals surface area contributed by atoms with Crippen LogP contribution in [-0.2, 0) is 23.3 Å². The number of benzene rings is 1. The molecule has 0 spiro atoms. The number of hydrogen-bond donors (Lipinski definition) is 1. The molecule has 218 valence electrons. The van der Waals surface area contributed by atoms with Crippen molar-refractivity contribution in [2.75, 3.05) is 19.7 Å². The van der Waals surface area contributed by atoms with Crippen LogP contribution in [0.25, 0.3) is 33.5 Å². The first-order chi connectivity index (χ1) is 19.4. The van der Waals surface area contributed by atoms with Gasteiger partial charge < -0.3 is 19.5 Å². The van der Waals surface area contributed by atoms with E-state index in [1.807, 2.05) is 19.2 Å². The van der Waals surface area contributed by atoms with Crippen LogP contribution in [0.4, 0.5) is 4.39 Å². The van der Waals surface area contributed by atoms with Crippen LogP contribution in [-0.4, -0.2) is 81.0 Å². The molecule has 1 aromatic carbocycles. The van der Waals surface area contributed by atoms with E-state index < -0.39 is 26.2 Å². The summed E-state index contributed by atoms with van der Waals surface area (Å²) in [5.74, 6) is -0.792. The molecule has 1 aliphatic heterocycles. The zero-order chi connectivity index (χ0) is 29.5. The molecule has 13 heteroatoms. The second-order valence-corrected chi connectivity index (χ2v) is 17.8. The van der Waals surface area contributed by atoms with Gasteiger partial charge in [-0.15, -0.1) is 0 Å². The first-order valence-electron chi connectivity index (χ1n) is 13.7. The van der Waals surface area contributed by atoms with Gasteiger partial charge in [0.1, 0.15) is 35.8 Å².